The topological polar surface area (TPSA) is 42.4 Å². The zero-order chi connectivity index (χ0) is 14.7. The van der Waals surface area contributed by atoms with Crippen molar-refractivity contribution in [2.24, 2.45) is 0 Å². The maximum Gasteiger partial charge on any atom is 0.130 e. The first-order valence-corrected chi connectivity index (χ1v) is 6.98. The highest BCUT2D eigenvalue weighted by molar-refractivity contribution is 5.78. The van der Waals surface area contributed by atoms with Crippen LogP contribution >= 0.6 is 0 Å². The average Bonchev–Trinajstić information content (AvgIpc) is 2.53. The molecule has 0 bridgehead atoms. The van der Waals surface area contributed by atoms with Crippen molar-refractivity contribution < 1.29 is 9.84 Å². The molecule has 3 heteroatoms. The van der Waals surface area contributed by atoms with E-state index in [2.05, 4.69) is 4.98 Å². The SMILES string of the molecule is CC(O)c1cccc(OCc2ccc3ccccc3n2)c1. The van der Waals surface area contributed by atoms with E-state index in [0.29, 0.717) is 6.61 Å². The van der Waals surface area contributed by atoms with Gasteiger partial charge in [0.05, 0.1) is 17.3 Å². The Morgan fingerprint density at radius 2 is 1.90 bits per heavy atom. The Labute approximate surface area is 123 Å². The van der Waals surface area contributed by atoms with Gasteiger partial charge in [0, 0.05) is 5.39 Å². The number of aliphatic hydroxyl groups is 1. The number of para-hydroxylation sites is 1. The summed E-state index contributed by atoms with van der Waals surface area (Å²) in [6.07, 6.45) is -0.493. The van der Waals surface area contributed by atoms with Crippen molar-refractivity contribution in [3.63, 3.8) is 0 Å². The van der Waals surface area contributed by atoms with E-state index in [-0.39, 0.29) is 0 Å². The lowest BCUT2D eigenvalue weighted by Gasteiger charge is -2.09. The number of benzene rings is 2. The van der Waals surface area contributed by atoms with Crippen LogP contribution in [0, 0.1) is 0 Å². The monoisotopic (exact) mass is 279 g/mol. The van der Waals surface area contributed by atoms with Gasteiger partial charge in [-0.05, 0) is 36.8 Å². The summed E-state index contributed by atoms with van der Waals surface area (Å²) < 4.78 is 5.76. The lowest BCUT2D eigenvalue weighted by Crippen LogP contribution is -1.99. The van der Waals surface area contributed by atoms with Crippen LogP contribution in [0.15, 0.2) is 60.7 Å². The molecule has 0 aliphatic rings. The number of aliphatic hydroxyl groups excluding tert-OH is 1. The van der Waals surface area contributed by atoms with Crippen molar-refractivity contribution in [3.05, 3.63) is 71.9 Å². The molecule has 3 aromatic rings. The van der Waals surface area contributed by atoms with E-state index < -0.39 is 6.10 Å². The maximum atomic E-state index is 9.58. The van der Waals surface area contributed by atoms with Crippen molar-refractivity contribution >= 4 is 10.9 Å². The van der Waals surface area contributed by atoms with E-state index in [0.717, 1.165) is 27.9 Å². The highest BCUT2D eigenvalue weighted by atomic mass is 16.5. The van der Waals surface area contributed by atoms with Crippen molar-refractivity contribution in [2.75, 3.05) is 0 Å². The molecule has 0 spiro atoms. The first-order chi connectivity index (χ1) is 10.2. The summed E-state index contributed by atoms with van der Waals surface area (Å²) in [6.45, 7) is 2.15. The zero-order valence-electron chi connectivity index (χ0n) is 11.9. The van der Waals surface area contributed by atoms with E-state index in [1.165, 1.54) is 0 Å². The Kier molecular flexibility index (Phi) is 3.84. The number of aromatic nitrogens is 1. The van der Waals surface area contributed by atoms with E-state index in [9.17, 15) is 5.11 Å². The Morgan fingerprint density at radius 1 is 1.05 bits per heavy atom. The third kappa shape index (κ3) is 3.20. The maximum absolute atomic E-state index is 9.58. The molecule has 0 saturated heterocycles. The van der Waals surface area contributed by atoms with Gasteiger partial charge in [-0.1, -0.05) is 36.4 Å². The molecule has 2 aromatic carbocycles. The second-order valence-electron chi connectivity index (χ2n) is 5.03. The summed E-state index contributed by atoms with van der Waals surface area (Å²) in [6, 6.07) is 19.5. The summed E-state index contributed by atoms with van der Waals surface area (Å²) in [4.78, 5) is 4.57. The molecular weight excluding hydrogens is 262 g/mol. The summed E-state index contributed by atoms with van der Waals surface area (Å²) in [5, 5.41) is 10.7. The Bertz CT molecular complexity index is 753. The highest BCUT2D eigenvalue weighted by Gasteiger charge is 2.03. The summed E-state index contributed by atoms with van der Waals surface area (Å²) in [7, 11) is 0. The third-order valence-corrected chi connectivity index (χ3v) is 3.38. The molecule has 21 heavy (non-hydrogen) atoms. The molecule has 0 aliphatic heterocycles. The smallest absolute Gasteiger partial charge is 0.130 e. The minimum absolute atomic E-state index is 0.411. The number of ether oxygens (including phenoxy) is 1. The fraction of sp³-hybridized carbons (Fsp3) is 0.167. The number of hydrogen-bond donors (Lipinski definition) is 1. The molecule has 0 aliphatic carbocycles. The summed E-state index contributed by atoms with van der Waals surface area (Å²) in [5.41, 5.74) is 2.70. The van der Waals surface area contributed by atoms with Crippen LogP contribution in [0.5, 0.6) is 5.75 Å². The Hall–Kier alpha value is -2.39. The minimum Gasteiger partial charge on any atom is -0.487 e. The molecule has 106 valence electrons. The van der Waals surface area contributed by atoms with Crippen molar-refractivity contribution in [2.45, 2.75) is 19.6 Å². The van der Waals surface area contributed by atoms with E-state index in [1.807, 2.05) is 60.7 Å². The number of pyridine rings is 1. The molecule has 1 heterocycles. The van der Waals surface area contributed by atoms with Crippen molar-refractivity contribution in [3.8, 4) is 5.75 Å². The largest absolute Gasteiger partial charge is 0.487 e. The average molecular weight is 279 g/mol. The summed E-state index contributed by atoms with van der Waals surface area (Å²) >= 11 is 0. The van der Waals surface area contributed by atoms with Gasteiger partial charge >= 0.3 is 0 Å². The Morgan fingerprint density at radius 3 is 2.76 bits per heavy atom. The van der Waals surface area contributed by atoms with Gasteiger partial charge in [-0.25, -0.2) is 4.98 Å². The molecule has 0 amide bonds. The molecule has 0 saturated carbocycles. The summed E-state index contributed by atoms with van der Waals surface area (Å²) in [5.74, 6) is 0.739. The molecule has 3 nitrogen and oxygen atoms in total. The fourth-order valence-electron chi connectivity index (χ4n) is 2.21. The lowest BCUT2D eigenvalue weighted by molar-refractivity contribution is 0.198. The molecule has 0 radical (unpaired) electrons. The van der Waals surface area contributed by atoms with Gasteiger partial charge in [0.2, 0.25) is 0 Å². The van der Waals surface area contributed by atoms with Crippen LogP contribution in [-0.4, -0.2) is 10.1 Å². The highest BCUT2D eigenvalue weighted by Crippen LogP contribution is 2.20. The number of nitrogens with zero attached hydrogens (tertiary/aromatic N) is 1. The number of hydrogen-bond acceptors (Lipinski definition) is 3. The molecule has 1 unspecified atom stereocenters. The van der Waals surface area contributed by atoms with Gasteiger partial charge in [-0.15, -0.1) is 0 Å². The first kappa shape index (κ1) is 13.6. The van der Waals surface area contributed by atoms with Crippen LogP contribution in [0.4, 0.5) is 0 Å². The zero-order valence-corrected chi connectivity index (χ0v) is 11.9. The quantitative estimate of drug-likeness (QED) is 0.788. The standard InChI is InChI=1S/C18H17NO2/c1-13(20)15-6-4-7-17(11-15)21-12-16-10-9-14-5-2-3-8-18(14)19-16/h2-11,13,20H,12H2,1H3. The molecule has 3 rings (SSSR count). The molecule has 1 N–H and O–H groups in total. The fourth-order valence-corrected chi connectivity index (χ4v) is 2.21. The minimum atomic E-state index is -0.493. The molecular formula is C18H17NO2. The predicted octanol–water partition coefficient (Wildman–Crippen LogP) is 3.87. The van der Waals surface area contributed by atoms with Crippen LogP contribution in [0.2, 0.25) is 0 Å². The van der Waals surface area contributed by atoms with Gasteiger partial charge in [-0.3, -0.25) is 0 Å². The van der Waals surface area contributed by atoms with Crippen molar-refractivity contribution in [1.82, 2.24) is 4.98 Å². The van der Waals surface area contributed by atoms with Gasteiger partial charge in [0.25, 0.3) is 0 Å². The van der Waals surface area contributed by atoms with Gasteiger partial charge in [0.15, 0.2) is 0 Å². The van der Waals surface area contributed by atoms with Crippen molar-refractivity contribution in [1.29, 1.82) is 0 Å². The van der Waals surface area contributed by atoms with E-state index >= 15 is 0 Å². The molecule has 0 fully saturated rings. The Balaban J connectivity index is 1.75. The predicted molar refractivity (Wildman–Crippen MR) is 83.2 cm³/mol. The van der Waals surface area contributed by atoms with Crippen LogP contribution < -0.4 is 4.74 Å². The van der Waals surface area contributed by atoms with E-state index in [4.69, 9.17) is 4.74 Å². The third-order valence-electron chi connectivity index (χ3n) is 3.38. The van der Waals surface area contributed by atoms with Gasteiger partial charge in [0.1, 0.15) is 12.4 Å². The van der Waals surface area contributed by atoms with Crippen LogP contribution in [-0.2, 0) is 6.61 Å². The normalized spacial score (nSPS) is 12.3. The van der Waals surface area contributed by atoms with Crippen LogP contribution in [0.25, 0.3) is 10.9 Å². The van der Waals surface area contributed by atoms with Crippen LogP contribution in [0.3, 0.4) is 0 Å². The van der Waals surface area contributed by atoms with Gasteiger partial charge < -0.3 is 9.84 Å². The van der Waals surface area contributed by atoms with Crippen LogP contribution in [0.1, 0.15) is 24.3 Å². The second kappa shape index (κ2) is 5.94. The lowest BCUT2D eigenvalue weighted by atomic mass is 10.1. The second-order valence-corrected chi connectivity index (χ2v) is 5.03. The van der Waals surface area contributed by atoms with Gasteiger partial charge in [-0.2, -0.15) is 0 Å². The molecule has 1 aromatic heterocycles. The number of rotatable bonds is 4. The number of fused-ring (bicyclic) bond motifs is 1. The van der Waals surface area contributed by atoms with E-state index in [1.54, 1.807) is 6.92 Å². The molecule has 1 atom stereocenters. The first-order valence-electron chi connectivity index (χ1n) is 6.98.